The van der Waals surface area contributed by atoms with Crippen molar-refractivity contribution in [1.29, 1.82) is 0 Å². The summed E-state index contributed by atoms with van der Waals surface area (Å²) in [6.07, 6.45) is 1.50. The summed E-state index contributed by atoms with van der Waals surface area (Å²) < 4.78 is 11.3. The van der Waals surface area contributed by atoms with Crippen LogP contribution in [0.5, 0.6) is 5.75 Å². The Morgan fingerprint density at radius 1 is 1.29 bits per heavy atom. The van der Waals surface area contributed by atoms with E-state index in [0.717, 1.165) is 28.3 Å². The molecular formula is C15H18N4O2. The molecule has 0 aliphatic heterocycles. The first-order valence-corrected chi connectivity index (χ1v) is 6.87. The van der Waals surface area contributed by atoms with Crippen molar-refractivity contribution in [3.8, 4) is 5.75 Å². The number of nitrogens with zero attached hydrogens (tertiary/aromatic N) is 2. The molecule has 110 valence electrons. The van der Waals surface area contributed by atoms with E-state index in [2.05, 4.69) is 27.4 Å². The first-order valence-electron chi connectivity index (χ1n) is 6.87. The number of para-hydroxylation sites is 1. The summed E-state index contributed by atoms with van der Waals surface area (Å²) in [6.45, 7) is 4.08. The van der Waals surface area contributed by atoms with Gasteiger partial charge in [0, 0.05) is 5.39 Å². The van der Waals surface area contributed by atoms with E-state index in [-0.39, 0.29) is 12.1 Å². The van der Waals surface area contributed by atoms with E-state index in [1.807, 2.05) is 31.2 Å². The lowest BCUT2D eigenvalue weighted by atomic mass is 10.2. The Labute approximate surface area is 122 Å². The number of furan rings is 1. The van der Waals surface area contributed by atoms with Crippen molar-refractivity contribution in [3.05, 3.63) is 42.2 Å². The maximum atomic E-state index is 5.94. The van der Waals surface area contributed by atoms with Crippen LogP contribution in [0.3, 0.4) is 0 Å². The Morgan fingerprint density at radius 3 is 2.86 bits per heavy atom. The fourth-order valence-corrected chi connectivity index (χ4v) is 2.39. The third kappa shape index (κ3) is 2.62. The quantitative estimate of drug-likeness (QED) is 0.754. The van der Waals surface area contributed by atoms with Crippen molar-refractivity contribution in [2.24, 2.45) is 0 Å². The maximum Gasteiger partial charge on any atom is 0.176 e. The highest BCUT2D eigenvalue weighted by molar-refractivity contribution is 5.83. The van der Waals surface area contributed by atoms with Gasteiger partial charge in [0.25, 0.3) is 0 Å². The summed E-state index contributed by atoms with van der Waals surface area (Å²) >= 11 is 0. The Morgan fingerprint density at radius 2 is 2.14 bits per heavy atom. The normalized spacial score (nSPS) is 14.2. The summed E-state index contributed by atoms with van der Waals surface area (Å²) in [5.41, 5.74) is 0.774. The van der Waals surface area contributed by atoms with Gasteiger partial charge in [-0.05, 0) is 26.0 Å². The van der Waals surface area contributed by atoms with Crippen molar-refractivity contribution in [2.45, 2.75) is 25.9 Å². The number of aromatic amines is 1. The van der Waals surface area contributed by atoms with Crippen LogP contribution in [-0.4, -0.2) is 22.3 Å². The molecule has 3 rings (SSSR count). The van der Waals surface area contributed by atoms with Gasteiger partial charge >= 0.3 is 0 Å². The molecule has 0 saturated carbocycles. The molecule has 0 aliphatic rings. The molecule has 0 saturated heterocycles. The summed E-state index contributed by atoms with van der Waals surface area (Å²) in [4.78, 5) is 4.15. The smallest absolute Gasteiger partial charge is 0.176 e. The fraction of sp³-hybridized carbons (Fsp3) is 0.333. The highest BCUT2D eigenvalue weighted by Gasteiger charge is 2.17. The van der Waals surface area contributed by atoms with Crippen LogP contribution >= 0.6 is 0 Å². The van der Waals surface area contributed by atoms with E-state index in [4.69, 9.17) is 9.15 Å². The molecule has 3 aromatic rings. The Kier molecular flexibility index (Phi) is 3.62. The minimum atomic E-state index is 0.0437. The van der Waals surface area contributed by atoms with Crippen LogP contribution in [0.15, 0.2) is 35.0 Å². The molecule has 2 unspecified atom stereocenters. The minimum Gasteiger partial charge on any atom is -0.493 e. The standard InChI is InChI=1S/C15H18N4O2/c1-9(18-10(2)15-16-8-17-19-15)13-7-11-5-4-6-12(20-3)14(11)21-13/h4-10,18H,1-3H3,(H,16,17,19). The Hall–Kier alpha value is -2.34. The molecule has 0 amide bonds. The minimum absolute atomic E-state index is 0.0437. The first kappa shape index (κ1) is 13.6. The molecule has 6 nitrogen and oxygen atoms in total. The molecule has 1 aromatic carbocycles. The van der Waals surface area contributed by atoms with Crippen LogP contribution < -0.4 is 10.1 Å². The molecule has 0 spiro atoms. The molecule has 0 bridgehead atoms. The zero-order valence-corrected chi connectivity index (χ0v) is 12.3. The van der Waals surface area contributed by atoms with Crippen LogP contribution in [0.1, 0.15) is 37.5 Å². The van der Waals surface area contributed by atoms with Crippen molar-refractivity contribution in [3.63, 3.8) is 0 Å². The van der Waals surface area contributed by atoms with E-state index >= 15 is 0 Å². The van der Waals surface area contributed by atoms with E-state index in [9.17, 15) is 0 Å². The average molecular weight is 286 g/mol. The van der Waals surface area contributed by atoms with Crippen molar-refractivity contribution in [2.75, 3.05) is 7.11 Å². The number of hydrogen-bond donors (Lipinski definition) is 2. The maximum absolute atomic E-state index is 5.94. The van der Waals surface area contributed by atoms with Gasteiger partial charge in [0.1, 0.15) is 17.9 Å². The van der Waals surface area contributed by atoms with Gasteiger partial charge in [0.2, 0.25) is 0 Å². The second-order valence-corrected chi connectivity index (χ2v) is 5.01. The lowest BCUT2D eigenvalue weighted by Gasteiger charge is -2.16. The van der Waals surface area contributed by atoms with Gasteiger partial charge in [-0.3, -0.25) is 10.4 Å². The molecular weight excluding hydrogens is 268 g/mol. The summed E-state index contributed by atoms with van der Waals surface area (Å²) in [7, 11) is 1.64. The number of H-pyrrole nitrogens is 1. The molecule has 2 aromatic heterocycles. The molecule has 0 aliphatic carbocycles. The second-order valence-electron chi connectivity index (χ2n) is 5.01. The second kappa shape index (κ2) is 5.57. The third-order valence-electron chi connectivity index (χ3n) is 3.52. The SMILES string of the molecule is COc1cccc2cc(C(C)NC(C)c3ncn[nH]3)oc12. The molecule has 2 heterocycles. The third-order valence-corrected chi connectivity index (χ3v) is 3.52. The van der Waals surface area contributed by atoms with Gasteiger partial charge in [-0.1, -0.05) is 12.1 Å². The monoisotopic (exact) mass is 286 g/mol. The molecule has 2 N–H and O–H groups in total. The summed E-state index contributed by atoms with van der Waals surface area (Å²) in [5, 5.41) is 11.2. The highest BCUT2D eigenvalue weighted by Crippen LogP contribution is 2.31. The van der Waals surface area contributed by atoms with Gasteiger partial charge in [-0.25, -0.2) is 4.98 Å². The van der Waals surface area contributed by atoms with Crippen LogP contribution in [0.25, 0.3) is 11.0 Å². The predicted molar refractivity (Wildman–Crippen MR) is 79.1 cm³/mol. The summed E-state index contributed by atoms with van der Waals surface area (Å²) in [5.74, 6) is 2.41. The van der Waals surface area contributed by atoms with Crippen LogP contribution in [0, 0.1) is 0 Å². The fourth-order valence-electron chi connectivity index (χ4n) is 2.39. The highest BCUT2D eigenvalue weighted by atomic mass is 16.5. The Bertz CT molecular complexity index is 720. The number of hydrogen-bond acceptors (Lipinski definition) is 5. The van der Waals surface area contributed by atoms with Gasteiger partial charge in [0.05, 0.1) is 19.2 Å². The molecule has 0 radical (unpaired) electrons. The topological polar surface area (TPSA) is 76.0 Å². The van der Waals surface area contributed by atoms with Crippen molar-refractivity contribution >= 4 is 11.0 Å². The number of rotatable bonds is 5. The zero-order chi connectivity index (χ0) is 14.8. The number of ether oxygens (including phenoxy) is 1. The van der Waals surface area contributed by atoms with E-state index in [1.54, 1.807) is 7.11 Å². The zero-order valence-electron chi connectivity index (χ0n) is 12.3. The lowest BCUT2D eigenvalue weighted by Crippen LogP contribution is -2.23. The van der Waals surface area contributed by atoms with Crippen LogP contribution in [-0.2, 0) is 0 Å². The number of methoxy groups -OCH3 is 1. The first-order chi connectivity index (χ1) is 10.2. The molecule has 21 heavy (non-hydrogen) atoms. The van der Waals surface area contributed by atoms with E-state index in [1.165, 1.54) is 6.33 Å². The molecule has 0 fully saturated rings. The van der Waals surface area contributed by atoms with Crippen LogP contribution in [0.2, 0.25) is 0 Å². The van der Waals surface area contributed by atoms with Crippen LogP contribution in [0.4, 0.5) is 0 Å². The van der Waals surface area contributed by atoms with E-state index in [0.29, 0.717) is 0 Å². The van der Waals surface area contributed by atoms with Gasteiger partial charge in [-0.15, -0.1) is 0 Å². The number of nitrogens with one attached hydrogen (secondary N) is 2. The molecule has 2 atom stereocenters. The van der Waals surface area contributed by atoms with E-state index < -0.39 is 0 Å². The lowest BCUT2D eigenvalue weighted by molar-refractivity contribution is 0.389. The van der Waals surface area contributed by atoms with Gasteiger partial charge in [-0.2, -0.15) is 5.10 Å². The summed E-state index contributed by atoms with van der Waals surface area (Å²) in [6, 6.07) is 7.99. The number of aromatic nitrogens is 3. The van der Waals surface area contributed by atoms with Crippen molar-refractivity contribution in [1.82, 2.24) is 20.5 Å². The largest absolute Gasteiger partial charge is 0.493 e. The number of fused-ring (bicyclic) bond motifs is 1. The Balaban J connectivity index is 1.83. The average Bonchev–Trinajstić information content (AvgIpc) is 3.15. The number of benzene rings is 1. The van der Waals surface area contributed by atoms with Crippen molar-refractivity contribution < 1.29 is 9.15 Å². The predicted octanol–water partition coefficient (Wildman–Crippen LogP) is 2.97. The van der Waals surface area contributed by atoms with Gasteiger partial charge < -0.3 is 9.15 Å². The van der Waals surface area contributed by atoms with Gasteiger partial charge in [0.15, 0.2) is 11.3 Å². The molecule has 6 heteroatoms.